The van der Waals surface area contributed by atoms with E-state index in [9.17, 15) is 4.79 Å². The van der Waals surface area contributed by atoms with Gasteiger partial charge in [-0.05, 0) is 52.2 Å². The first kappa shape index (κ1) is 21.9. The van der Waals surface area contributed by atoms with Crippen molar-refractivity contribution in [2.24, 2.45) is 0 Å². The highest BCUT2D eigenvalue weighted by molar-refractivity contribution is 5.77. The lowest BCUT2D eigenvalue weighted by Gasteiger charge is -2.16. The molecule has 0 radical (unpaired) electrons. The van der Waals surface area contributed by atoms with Crippen LogP contribution in [0.4, 0.5) is 0 Å². The predicted octanol–water partition coefficient (Wildman–Crippen LogP) is 4.70. The molecule has 0 saturated heterocycles. The van der Waals surface area contributed by atoms with Crippen LogP contribution < -0.4 is 9.47 Å². The second kappa shape index (κ2) is 12.3. The lowest BCUT2D eigenvalue weighted by molar-refractivity contribution is 0.0447. The predicted molar refractivity (Wildman–Crippen MR) is 103 cm³/mol. The van der Waals surface area contributed by atoms with E-state index in [1.54, 1.807) is 26.4 Å². The van der Waals surface area contributed by atoms with Crippen LogP contribution in [0.3, 0.4) is 0 Å². The van der Waals surface area contributed by atoms with Gasteiger partial charge in [0.15, 0.2) is 13.6 Å². The second-order valence-electron chi connectivity index (χ2n) is 6.29. The number of aldehydes is 1. The molecule has 1 aromatic carbocycles. The lowest BCUT2D eigenvalue weighted by atomic mass is 10.0. The summed E-state index contributed by atoms with van der Waals surface area (Å²) in [5.41, 5.74) is 3.96. The Morgan fingerprint density at radius 3 is 2.00 bits per heavy atom. The Morgan fingerprint density at radius 1 is 0.962 bits per heavy atom. The summed E-state index contributed by atoms with van der Waals surface area (Å²) in [6.07, 6.45) is 7.82. The van der Waals surface area contributed by atoms with Gasteiger partial charge in [-0.15, -0.1) is 0 Å². The standard InChI is InChI=1S/C21H30O5/c1-16(2)7-6-8-17(3)9-10-19-20(25-14-23-4)11-18(13-22)12-21(19)26-15-24-5/h7,9,11-13H,6,8,10,14-15H2,1-5H3. The third-order valence-electron chi connectivity index (χ3n) is 3.74. The van der Waals surface area contributed by atoms with Gasteiger partial charge in [-0.1, -0.05) is 23.3 Å². The van der Waals surface area contributed by atoms with Crippen LogP contribution in [0.2, 0.25) is 0 Å². The van der Waals surface area contributed by atoms with E-state index in [2.05, 4.69) is 32.9 Å². The van der Waals surface area contributed by atoms with Crippen LogP contribution in [-0.2, 0) is 15.9 Å². The molecule has 0 atom stereocenters. The van der Waals surface area contributed by atoms with Gasteiger partial charge >= 0.3 is 0 Å². The molecule has 144 valence electrons. The Morgan fingerprint density at radius 2 is 1.54 bits per heavy atom. The molecule has 0 fully saturated rings. The molecule has 1 aromatic rings. The van der Waals surface area contributed by atoms with Gasteiger partial charge in [0.2, 0.25) is 0 Å². The monoisotopic (exact) mass is 362 g/mol. The van der Waals surface area contributed by atoms with Crippen molar-refractivity contribution in [2.45, 2.75) is 40.0 Å². The van der Waals surface area contributed by atoms with Gasteiger partial charge in [-0.25, -0.2) is 0 Å². The van der Waals surface area contributed by atoms with Crippen LogP contribution in [-0.4, -0.2) is 34.1 Å². The molecule has 0 aliphatic carbocycles. The minimum absolute atomic E-state index is 0.0995. The molecule has 5 nitrogen and oxygen atoms in total. The third kappa shape index (κ3) is 7.85. The number of ether oxygens (including phenoxy) is 4. The molecule has 0 amide bonds. The van der Waals surface area contributed by atoms with E-state index in [0.717, 1.165) is 24.7 Å². The molecule has 0 aromatic heterocycles. The fourth-order valence-corrected chi connectivity index (χ4v) is 2.38. The van der Waals surface area contributed by atoms with Crippen LogP contribution in [0.1, 0.15) is 49.5 Å². The zero-order valence-corrected chi connectivity index (χ0v) is 16.5. The van der Waals surface area contributed by atoms with Gasteiger partial charge in [0, 0.05) is 25.3 Å². The summed E-state index contributed by atoms with van der Waals surface area (Å²) in [6.45, 7) is 6.52. The zero-order valence-electron chi connectivity index (χ0n) is 16.5. The van der Waals surface area contributed by atoms with Crippen molar-refractivity contribution < 1.29 is 23.7 Å². The maximum absolute atomic E-state index is 11.2. The first-order valence-electron chi connectivity index (χ1n) is 8.66. The first-order valence-corrected chi connectivity index (χ1v) is 8.66. The molecule has 26 heavy (non-hydrogen) atoms. The normalized spacial score (nSPS) is 11.2. The summed E-state index contributed by atoms with van der Waals surface area (Å²) >= 11 is 0. The molecule has 5 heteroatoms. The Hall–Kier alpha value is -2.11. The Balaban J connectivity index is 3.06. The first-order chi connectivity index (χ1) is 12.5. The molecule has 0 bridgehead atoms. The molecule has 0 unspecified atom stereocenters. The highest BCUT2D eigenvalue weighted by atomic mass is 16.7. The molecule has 0 aliphatic heterocycles. The average Bonchev–Trinajstić information content (AvgIpc) is 2.62. The lowest BCUT2D eigenvalue weighted by Crippen LogP contribution is -2.07. The summed E-state index contributed by atoms with van der Waals surface area (Å²) < 4.78 is 21.3. The number of hydrogen-bond acceptors (Lipinski definition) is 5. The summed E-state index contributed by atoms with van der Waals surface area (Å²) in [6, 6.07) is 3.40. The molecular formula is C21H30O5. The van der Waals surface area contributed by atoms with E-state index in [4.69, 9.17) is 18.9 Å². The maximum Gasteiger partial charge on any atom is 0.188 e. The van der Waals surface area contributed by atoms with Crippen molar-refractivity contribution in [2.75, 3.05) is 27.8 Å². The molecule has 0 heterocycles. The zero-order chi connectivity index (χ0) is 19.4. The van der Waals surface area contributed by atoms with Gasteiger partial charge in [-0.3, -0.25) is 4.79 Å². The van der Waals surface area contributed by atoms with Crippen molar-refractivity contribution in [3.63, 3.8) is 0 Å². The Labute approximate surface area is 156 Å². The van der Waals surface area contributed by atoms with Gasteiger partial charge in [0.1, 0.15) is 17.8 Å². The highest BCUT2D eigenvalue weighted by Crippen LogP contribution is 2.32. The fourth-order valence-electron chi connectivity index (χ4n) is 2.38. The van der Waals surface area contributed by atoms with E-state index in [0.29, 0.717) is 23.5 Å². The second-order valence-corrected chi connectivity index (χ2v) is 6.29. The number of rotatable bonds is 12. The summed E-state index contributed by atoms with van der Waals surface area (Å²) in [7, 11) is 3.11. The van der Waals surface area contributed by atoms with Gasteiger partial charge < -0.3 is 18.9 Å². The third-order valence-corrected chi connectivity index (χ3v) is 3.74. The number of carbonyl (C=O) groups excluding carboxylic acids is 1. The van der Waals surface area contributed by atoms with Crippen LogP contribution >= 0.6 is 0 Å². The minimum atomic E-state index is 0.0995. The quantitative estimate of drug-likeness (QED) is 0.306. The molecule has 0 N–H and O–H groups in total. The topological polar surface area (TPSA) is 54.0 Å². The number of allylic oxidation sites excluding steroid dienone is 4. The molecule has 1 rings (SSSR count). The highest BCUT2D eigenvalue weighted by Gasteiger charge is 2.13. The SMILES string of the molecule is COCOc1cc(C=O)cc(OCOC)c1CC=C(C)CCC=C(C)C. The van der Waals surface area contributed by atoms with Gasteiger partial charge in [-0.2, -0.15) is 0 Å². The molecule has 0 aliphatic rings. The number of hydrogen-bond donors (Lipinski definition) is 0. The van der Waals surface area contributed by atoms with E-state index < -0.39 is 0 Å². The smallest absolute Gasteiger partial charge is 0.188 e. The Kier molecular flexibility index (Phi) is 10.4. The van der Waals surface area contributed by atoms with Crippen molar-refractivity contribution in [3.05, 3.63) is 46.6 Å². The minimum Gasteiger partial charge on any atom is -0.467 e. The van der Waals surface area contributed by atoms with Crippen molar-refractivity contribution >= 4 is 6.29 Å². The molecule has 0 saturated carbocycles. The van der Waals surface area contributed by atoms with E-state index in [1.807, 2.05) is 0 Å². The van der Waals surface area contributed by atoms with Crippen LogP contribution in [0.25, 0.3) is 0 Å². The van der Waals surface area contributed by atoms with E-state index >= 15 is 0 Å². The van der Waals surface area contributed by atoms with Crippen LogP contribution in [0.15, 0.2) is 35.4 Å². The summed E-state index contributed by atoms with van der Waals surface area (Å²) in [5.74, 6) is 1.16. The van der Waals surface area contributed by atoms with Gasteiger partial charge in [0.05, 0.1) is 0 Å². The van der Waals surface area contributed by atoms with E-state index in [1.165, 1.54) is 11.1 Å². The summed E-state index contributed by atoms with van der Waals surface area (Å²) in [5, 5.41) is 0. The van der Waals surface area contributed by atoms with Crippen molar-refractivity contribution in [3.8, 4) is 11.5 Å². The largest absolute Gasteiger partial charge is 0.467 e. The van der Waals surface area contributed by atoms with Crippen molar-refractivity contribution in [1.29, 1.82) is 0 Å². The van der Waals surface area contributed by atoms with Gasteiger partial charge in [0.25, 0.3) is 0 Å². The average molecular weight is 362 g/mol. The fraction of sp³-hybridized carbons (Fsp3) is 0.476. The molecular weight excluding hydrogens is 332 g/mol. The Bertz CT molecular complexity index is 598. The number of carbonyl (C=O) groups is 1. The number of methoxy groups -OCH3 is 2. The molecule has 0 spiro atoms. The van der Waals surface area contributed by atoms with Crippen LogP contribution in [0.5, 0.6) is 11.5 Å². The number of benzene rings is 1. The van der Waals surface area contributed by atoms with Crippen LogP contribution in [0, 0.1) is 0 Å². The summed E-state index contributed by atoms with van der Waals surface area (Å²) in [4.78, 5) is 11.2. The maximum atomic E-state index is 11.2. The van der Waals surface area contributed by atoms with E-state index in [-0.39, 0.29) is 13.6 Å². The van der Waals surface area contributed by atoms with Crippen molar-refractivity contribution in [1.82, 2.24) is 0 Å².